The molecular formula is C13H25F3N2. The van der Waals surface area contributed by atoms with E-state index in [0.717, 1.165) is 19.3 Å². The van der Waals surface area contributed by atoms with E-state index in [0.29, 0.717) is 24.9 Å². The Morgan fingerprint density at radius 3 is 2.17 bits per heavy atom. The molecule has 0 spiro atoms. The third-order valence-electron chi connectivity index (χ3n) is 3.98. The van der Waals surface area contributed by atoms with Gasteiger partial charge in [-0.1, -0.05) is 13.8 Å². The summed E-state index contributed by atoms with van der Waals surface area (Å²) in [5, 5.41) is 0. The minimum Gasteiger partial charge on any atom is -0.326 e. The van der Waals surface area contributed by atoms with Crippen molar-refractivity contribution in [2.45, 2.75) is 58.3 Å². The Morgan fingerprint density at radius 1 is 1.11 bits per heavy atom. The molecule has 0 aromatic rings. The Morgan fingerprint density at radius 2 is 1.72 bits per heavy atom. The predicted octanol–water partition coefficient (Wildman–Crippen LogP) is 3.02. The maximum absolute atomic E-state index is 13.0. The monoisotopic (exact) mass is 266 g/mol. The fourth-order valence-corrected chi connectivity index (χ4v) is 2.93. The van der Waals surface area contributed by atoms with Crippen molar-refractivity contribution in [1.82, 2.24) is 4.90 Å². The normalized spacial score (nSPS) is 27.0. The van der Waals surface area contributed by atoms with E-state index in [1.54, 1.807) is 0 Å². The third kappa shape index (κ3) is 4.12. The van der Waals surface area contributed by atoms with Crippen molar-refractivity contribution in [3.05, 3.63) is 0 Å². The topological polar surface area (TPSA) is 29.3 Å². The van der Waals surface area contributed by atoms with E-state index >= 15 is 0 Å². The molecule has 2 nitrogen and oxygen atoms in total. The van der Waals surface area contributed by atoms with Crippen LogP contribution >= 0.6 is 0 Å². The van der Waals surface area contributed by atoms with E-state index in [1.165, 1.54) is 11.8 Å². The van der Waals surface area contributed by atoms with Gasteiger partial charge in [0.1, 0.15) is 6.04 Å². The second-order valence-electron chi connectivity index (χ2n) is 5.82. The van der Waals surface area contributed by atoms with Crippen LogP contribution in [0.5, 0.6) is 0 Å². The van der Waals surface area contributed by atoms with Gasteiger partial charge in [-0.3, -0.25) is 4.90 Å². The summed E-state index contributed by atoms with van der Waals surface area (Å²) < 4.78 is 39.1. The van der Waals surface area contributed by atoms with Gasteiger partial charge in [0, 0.05) is 6.04 Å². The summed E-state index contributed by atoms with van der Waals surface area (Å²) in [4.78, 5) is 1.53. The highest BCUT2D eigenvalue weighted by Gasteiger charge is 2.46. The highest BCUT2D eigenvalue weighted by Crippen LogP contribution is 2.31. The van der Waals surface area contributed by atoms with E-state index in [-0.39, 0.29) is 0 Å². The lowest BCUT2D eigenvalue weighted by Crippen LogP contribution is -2.55. The number of hydrogen-bond donors (Lipinski definition) is 1. The largest absolute Gasteiger partial charge is 0.405 e. The first-order valence-electron chi connectivity index (χ1n) is 6.79. The molecular weight excluding hydrogens is 241 g/mol. The van der Waals surface area contributed by atoms with Gasteiger partial charge in [-0.2, -0.15) is 13.2 Å². The van der Waals surface area contributed by atoms with Crippen LogP contribution in [0.25, 0.3) is 0 Å². The summed E-state index contributed by atoms with van der Waals surface area (Å²) in [5.41, 5.74) is 5.54. The van der Waals surface area contributed by atoms with Gasteiger partial charge in [-0.15, -0.1) is 0 Å². The summed E-state index contributed by atoms with van der Waals surface area (Å²) in [6, 6.07) is -2.37. The highest BCUT2D eigenvalue weighted by molar-refractivity contribution is 4.87. The standard InChI is InChI=1S/C13H25F3N2/c1-9(2)11-5-4-7-18(8-6-11)12(10(3)17)13(14,15)16/h9-12H,4-8,17H2,1-3H3. The molecule has 0 amide bonds. The molecule has 1 heterocycles. The van der Waals surface area contributed by atoms with Crippen molar-refractivity contribution < 1.29 is 13.2 Å². The molecule has 0 aliphatic carbocycles. The van der Waals surface area contributed by atoms with Gasteiger partial charge in [-0.25, -0.2) is 0 Å². The zero-order valence-electron chi connectivity index (χ0n) is 11.5. The molecule has 1 saturated heterocycles. The molecule has 3 unspecified atom stereocenters. The summed E-state index contributed by atoms with van der Waals surface area (Å²) in [6.45, 7) is 6.76. The summed E-state index contributed by atoms with van der Waals surface area (Å²) in [6.07, 6.45) is -1.53. The van der Waals surface area contributed by atoms with Crippen LogP contribution in [0.4, 0.5) is 13.2 Å². The Labute approximate surface area is 108 Å². The summed E-state index contributed by atoms with van der Waals surface area (Å²) >= 11 is 0. The maximum atomic E-state index is 13.0. The Bertz CT molecular complexity index is 251. The van der Waals surface area contributed by atoms with Crippen molar-refractivity contribution >= 4 is 0 Å². The fraction of sp³-hybridized carbons (Fsp3) is 1.00. The molecule has 108 valence electrons. The highest BCUT2D eigenvalue weighted by atomic mass is 19.4. The molecule has 18 heavy (non-hydrogen) atoms. The van der Waals surface area contributed by atoms with Crippen molar-refractivity contribution in [3.8, 4) is 0 Å². The first-order valence-corrected chi connectivity index (χ1v) is 6.79. The smallest absolute Gasteiger partial charge is 0.326 e. The molecule has 3 atom stereocenters. The third-order valence-corrected chi connectivity index (χ3v) is 3.98. The fourth-order valence-electron chi connectivity index (χ4n) is 2.93. The number of nitrogens with two attached hydrogens (primary N) is 1. The van der Waals surface area contributed by atoms with Crippen LogP contribution in [0.2, 0.25) is 0 Å². The Balaban J connectivity index is 2.71. The van der Waals surface area contributed by atoms with Crippen molar-refractivity contribution in [2.24, 2.45) is 17.6 Å². The van der Waals surface area contributed by atoms with Crippen molar-refractivity contribution in [1.29, 1.82) is 0 Å². The lowest BCUT2D eigenvalue weighted by atomic mass is 9.89. The minimum atomic E-state index is -4.23. The molecule has 5 heteroatoms. The van der Waals surface area contributed by atoms with Gasteiger partial charge in [0.05, 0.1) is 0 Å². The number of halogens is 3. The van der Waals surface area contributed by atoms with Gasteiger partial charge in [0.15, 0.2) is 0 Å². The van der Waals surface area contributed by atoms with E-state index in [2.05, 4.69) is 13.8 Å². The van der Waals surface area contributed by atoms with Gasteiger partial charge in [-0.05, 0) is 51.1 Å². The lowest BCUT2D eigenvalue weighted by Gasteiger charge is -2.34. The Kier molecular flexibility index (Phi) is 5.46. The van der Waals surface area contributed by atoms with E-state index < -0.39 is 18.3 Å². The molecule has 1 fully saturated rings. The van der Waals surface area contributed by atoms with Crippen LogP contribution in [0.1, 0.15) is 40.0 Å². The number of likely N-dealkylation sites (tertiary alicyclic amines) is 1. The molecule has 1 aliphatic heterocycles. The predicted molar refractivity (Wildman–Crippen MR) is 67.2 cm³/mol. The number of rotatable bonds is 3. The quantitative estimate of drug-likeness (QED) is 0.850. The van der Waals surface area contributed by atoms with Crippen LogP contribution in [0.15, 0.2) is 0 Å². The number of alkyl halides is 3. The molecule has 0 aromatic carbocycles. The maximum Gasteiger partial charge on any atom is 0.405 e. The number of nitrogens with zero attached hydrogens (tertiary/aromatic N) is 1. The number of hydrogen-bond acceptors (Lipinski definition) is 2. The average molecular weight is 266 g/mol. The molecule has 0 saturated carbocycles. The van der Waals surface area contributed by atoms with Crippen LogP contribution in [-0.4, -0.2) is 36.2 Å². The summed E-state index contributed by atoms with van der Waals surface area (Å²) in [7, 11) is 0. The van der Waals surface area contributed by atoms with Gasteiger partial charge < -0.3 is 5.73 Å². The van der Waals surface area contributed by atoms with Crippen LogP contribution < -0.4 is 5.73 Å². The van der Waals surface area contributed by atoms with Crippen LogP contribution in [0, 0.1) is 11.8 Å². The Hall–Kier alpha value is -0.290. The van der Waals surface area contributed by atoms with Crippen LogP contribution in [0.3, 0.4) is 0 Å². The van der Waals surface area contributed by atoms with E-state index in [1.807, 2.05) is 0 Å². The lowest BCUT2D eigenvalue weighted by molar-refractivity contribution is -0.188. The first kappa shape index (κ1) is 15.8. The van der Waals surface area contributed by atoms with E-state index in [9.17, 15) is 13.2 Å². The molecule has 0 radical (unpaired) electrons. The second kappa shape index (κ2) is 6.24. The second-order valence-corrected chi connectivity index (χ2v) is 5.82. The van der Waals surface area contributed by atoms with Gasteiger partial charge in [0.25, 0.3) is 0 Å². The molecule has 0 bridgehead atoms. The van der Waals surface area contributed by atoms with Gasteiger partial charge >= 0.3 is 6.18 Å². The van der Waals surface area contributed by atoms with Crippen LogP contribution in [-0.2, 0) is 0 Å². The van der Waals surface area contributed by atoms with Gasteiger partial charge in [0.2, 0.25) is 0 Å². The molecule has 1 rings (SSSR count). The average Bonchev–Trinajstić information content (AvgIpc) is 2.40. The van der Waals surface area contributed by atoms with E-state index in [4.69, 9.17) is 5.73 Å². The van der Waals surface area contributed by atoms with Crippen molar-refractivity contribution in [2.75, 3.05) is 13.1 Å². The molecule has 0 aromatic heterocycles. The zero-order chi connectivity index (χ0) is 13.9. The summed E-state index contributed by atoms with van der Waals surface area (Å²) in [5.74, 6) is 1.08. The molecule has 1 aliphatic rings. The zero-order valence-corrected chi connectivity index (χ0v) is 11.5. The van der Waals surface area contributed by atoms with Crippen molar-refractivity contribution in [3.63, 3.8) is 0 Å². The minimum absolute atomic E-state index is 0.508. The first-order chi connectivity index (χ1) is 8.23. The molecule has 2 N–H and O–H groups in total. The SMILES string of the molecule is CC(C)C1CCCN(C(C(C)N)C(F)(F)F)CC1.